The molecule has 4 nitrogen and oxygen atoms in total. The molecule has 2 aliphatic heterocycles. The Kier molecular flexibility index (Phi) is 4.05. The van der Waals surface area contributed by atoms with Crippen molar-refractivity contribution in [3.63, 3.8) is 0 Å². The molecule has 2 saturated heterocycles. The third kappa shape index (κ3) is 2.99. The van der Waals surface area contributed by atoms with Crippen molar-refractivity contribution >= 4 is 5.91 Å². The van der Waals surface area contributed by atoms with Gasteiger partial charge in [0.05, 0.1) is 5.54 Å². The highest BCUT2D eigenvalue weighted by atomic mass is 16.2. The van der Waals surface area contributed by atoms with E-state index in [0.29, 0.717) is 6.04 Å². The van der Waals surface area contributed by atoms with Crippen LogP contribution in [-0.4, -0.2) is 49.1 Å². The lowest BCUT2D eigenvalue weighted by molar-refractivity contribution is -0.128. The minimum absolute atomic E-state index is 0.178. The molecule has 0 aliphatic carbocycles. The fraction of sp³-hybridized carbons (Fsp3) is 0.923. The second-order valence-corrected chi connectivity index (χ2v) is 5.70. The number of hydrogen-bond acceptors (Lipinski definition) is 3. The van der Waals surface area contributed by atoms with Gasteiger partial charge >= 0.3 is 0 Å². The highest BCUT2D eigenvalue weighted by Crippen LogP contribution is 2.19. The molecule has 2 rings (SSSR count). The van der Waals surface area contributed by atoms with E-state index in [1.807, 2.05) is 6.92 Å². The zero-order chi connectivity index (χ0) is 12.3. The van der Waals surface area contributed by atoms with Crippen molar-refractivity contribution < 1.29 is 4.79 Å². The van der Waals surface area contributed by atoms with Crippen molar-refractivity contribution in [2.75, 3.05) is 26.7 Å². The largest absolute Gasteiger partial charge is 0.353 e. The summed E-state index contributed by atoms with van der Waals surface area (Å²) < 4.78 is 0. The summed E-state index contributed by atoms with van der Waals surface area (Å²) in [5, 5.41) is 6.48. The van der Waals surface area contributed by atoms with Crippen molar-refractivity contribution in [2.24, 2.45) is 0 Å². The zero-order valence-electron chi connectivity index (χ0n) is 11.1. The maximum Gasteiger partial charge on any atom is 0.240 e. The molecule has 0 spiro atoms. The van der Waals surface area contributed by atoms with Crippen LogP contribution in [0.15, 0.2) is 0 Å². The maximum atomic E-state index is 12.2. The Bertz CT molecular complexity index is 274. The molecule has 0 bridgehead atoms. The van der Waals surface area contributed by atoms with Gasteiger partial charge in [-0.15, -0.1) is 0 Å². The molecule has 2 atom stereocenters. The Morgan fingerprint density at radius 1 is 1.47 bits per heavy atom. The summed E-state index contributed by atoms with van der Waals surface area (Å²) in [5.41, 5.74) is -0.338. The van der Waals surface area contributed by atoms with Gasteiger partial charge in [0.2, 0.25) is 5.91 Å². The number of nitrogens with one attached hydrogen (secondary N) is 2. The molecular formula is C13H25N3O. The summed E-state index contributed by atoms with van der Waals surface area (Å²) in [7, 11) is 2.14. The average Bonchev–Trinajstić information content (AvgIpc) is 2.73. The highest BCUT2D eigenvalue weighted by Gasteiger charge is 2.34. The maximum absolute atomic E-state index is 12.2. The Morgan fingerprint density at radius 2 is 2.29 bits per heavy atom. The van der Waals surface area contributed by atoms with Crippen molar-refractivity contribution in [3.8, 4) is 0 Å². The summed E-state index contributed by atoms with van der Waals surface area (Å²) in [6, 6.07) is 0.533. The van der Waals surface area contributed by atoms with Crippen molar-refractivity contribution in [3.05, 3.63) is 0 Å². The second kappa shape index (κ2) is 5.36. The SMILES string of the molecule is CN1CCCC1CNC(=O)C1(C)CCCCN1. The fourth-order valence-electron chi connectivity index (χ4n) is 2.89. The number of carbonyl (C=O) groups excluding carboxylic acids is 1. The molecule has 4 heteroatoms. The molecule has 1 amide bonds. The normalized spacial score (nSPS) is 34.8. The van der Waals surface area contributed by atoms with Gasteiger partial charge in [-0.05, 0) is 59.2 Å². The Balaban J connectivity index is 1.80. The first-order valence-corrected chi connectivity index (χ1v) is 6.85. The van der Waals surface area contributed by atoms with Gasteiger partial charge in [0.15, 0.2) is 0 Å². The lowest BCUT2D eigenvalue weighted by Gasteiger charge is -2.34. The number of likely N-dealkylation sites (tertiary alicyclic amines) is 1. The van der Waals surface area contributed by atoms with Crippen LogP contribution in [0, 0.1) is 0 Å². The first-order chi connectivity index (χ1) is 8.12. The van der Waals surface area contributed by atoms with Crippen molar-refractivity contribution in [2.45, 2.75) is 50.6 Å². The first-order valence-electron chi connectivity index (χ1n) is 6.85. The summed E-state index contributed by atoms with van der Waals surface area (Å²) >= 11 is 0. The minimum atomic E-state index is -0.338. The fourth-order valence-corrected chi connectivity index (χ4v) is 2.89. The van der Waals surface area contributed by atoms with E-state index < -0.39 is 0 Å². The number of carbonyl (C=O) groups is 1. The Labute approximate surface area is 104 Å². The van der Waals surface area contributed by atoms with Crippen LogP contribution >= 0.6 is 0 Å². The van der Waals surface area contributed by atoms with Crippen LogP contribution in [0.25, 0.3) is 0 Å². The molecule has 0 aromatic carbocycles. The lowest BCUT2D eigenvalue weighted by atomic mass is 9.90. The van der Waals surface area contributed by atoms with Gasteiger partial charge in [-0.3, -0.25) is 4.79 Å². The molecule has 0 aromatic rings. The van der Waals surface area contributed by atoms with Crippen LogP contribution in [-0.2, 0) is 4.79 Å². The number of amides is 1. The van der Waals surface area contributed by atoms with Crippen molar-refractivity contribution in [1.82, 2.24) is 15.5 Å². The number of rotatable bonds is 3. The molecule has 0 aromatic heterocycles. The van der Waals surface area contributed by atoms with Crippen LogP contribution in [0.4, 0.5) is 0 Å². The molecule has 2 N–H and O–H groups in total. The predicted molar refractivity (Wildman–Crippen MR) is 68.9 cm³/mol. The van der Waals surface area contributed by atoms with E-state index in [2.05, 4.69) is 22.6 Å². The van der Waals surface area contributed by atoms with E-state index in [-0.39, 0.29) is 11.4 Å². The molecular weight excluding hydrogens is 214 g/mol. The molecule has 0 radical (unpaired) electrons. The van der Waals surface area contributed by atoms with Crippen LogP contribution in [0.2, 0.25) is 0 Å². The van der Waals surface area contributed by atoms with Gasteiger partial charge in [0.1, 0.15) is 0 Å². The topological polar surface area (TPSA) is 44.4 Å². The van der Waals surface area contributed by atoms with Crippen LogP contribution < -0.4 is 10.6 Å². The predicted octanol–water partition coefficient (Wildman–Crippen LogP) is 0.729. The van der Waals surface area contributed by atoms with Crippen LogP contribution in [0.3, 0.4) is 0 Å². The Hall–Kier alpha value is -0.610. The van der Waals surface area contributed by atoms with Crippen LogP contribution in [0.1, 0.15) is 39.0 Å². The first kappa shape index (κ1) is 12.8. The third-order valence-corrected chi connectivity index (χ3v) is 4.29. The molecule has 2 aliphatic rings. The molecule has 2 heterocycles. The number of nitrogens with zero attached hydrogens (tertiary/aromatic N) is 1. The quantitative estimate of drug-likeness (QED) is 0.763. The summed E-state index contributed by atoms with van der Waals surface area (Å²) in [4.78, 5) is 14.5. The van der Waals surface area contributed by atoms with Gasteiger partial charge in [-0.2, -0.15) is 0 Å². The van der Waals surface area contributed by atoms with Crippen molar-refractivity contribution in [1.29, 1.82) is 0 Å². The van der Waals surface area contributed by atoms with Gasteiger partial charge < -0.3 is 15.5 Å². The molecule has 2 fully saturated rings. The van der Waals surface area contributed by atoms with E-state index in [0.717, 1.165) is 32.5 Å². The number of hydrogen-bond donors (Lipinski definition) is 2. The van der Waals surface area contributed by atoms with Crippen LogP contribution in [0.5, 0.6) is 0 Å². The minimum Gasteiger partial charge on any atom is -0.353 e. The smallest absolute Gasteiger partial charge is 0.240 e. The highest BCUT2D eigenvalue weighted by molar-refractivity contribution is 5.86. The summed E-state index contributed by atoms with van der Waals surface area (Å²) in [6.07, 6.45) is 5.77. The number of piperidine rings is 1. The third-order valence-electron chi connectivity index (χ3n) is 4.29. The van der Waals surface area contributed by atoms with E-state index in [4.69, 9.17) is 0 Å². The lowest BCUT2D eigenvalue weighted by Crippen LogP contribution is -2.58. The molecule has 98 valence electrons. The van der Waals surface area contributed by atoms with Gasteiger partial charge in [-0.25, -0.2) is 0 Å². The molecule has 0 saturated carbocycles. The van der Waals surface area contributed by atoms with E-state index in [9.17, 15) is 4.79 Å². The number of likely N-dealkylation sites (N-methyl/N-ethyl adjacent to an activating group) is 1. The monoisotopic (exact) mass is 239 g/mol. The molecule has 17 heavy (non-hydrogen) atoms. The van der Waals surface area contributed by atoms with Gasteiger partial charge in [0.25, 0.3) is 0 Å². The van der Waals surface area contributed by atoms with E-state index >= 15 is 0 Å². The Morgan fingerprint density at radius 3 is 2.88 bits per heavy atom. The summed E-state index contributed by atoms with van der Waals surface area (Å²) in [6.45, 7) is 4.95. The van der Waals surface area contributed by atoms with Gasteiger partial charge in [0, 0.05) is 12.6 Å². The standard InChI is InChI=1S/C13H25N3O/c1-13(7-3-4-8-15-13)12(17)14-10-11-6-5-9-16(11)2/h11,15H,3-10H2,1-2H3,(H,14,17). The van der Waals surface area contributed by atoms with E-state index in [1.54, 1.807) is 0 Å². The second-order valence-electron chi connectivity index (χ2n) is 5.70. The molecule has 2 unspecified atom stereocenters. The van der Waals surface area contributed by atoms with E-state index in [1.165, 1.54) is 19.3 Å². The zero-order valence-corrected chi connectivity index (χ0v) is 11.1. The average molecular weight is 239 g/mol. The van der Waals surface area contributed by atoms with Gasteiger partial charge in [-0.1, -0.05) is 0 Å². The summed E-state index contributed by atoms with van der Waals surface area (Å²) in [5.74, 6) is 0.178.